The second-order valence-electron chi connectivity index (χ2n) is 7.29. The molecular formula is C24H23N5O2. The third kappa shape index (κ3) is 4.56. The summed E-state index contributed by atoms with van der Waals surface area (Å²) < 4.78 is 1.74. The fourth-order valence-corrected chi connectivity index (χ4v) is 3.30. The number of rotatable bonds is 5. The summed E-state index contributed by atoms with van der Waals surface area (Å²) in [6.07, 6.45) is 3.36. The smallest absolute Gasteiger partial charge is 0.319 e. The molecule has 0 saturated carbocycles. The van der Waals surface area contributed by atoms with Gasteiger partial charge in [0.1, 0.15) is 11.3 Å². The van der Waals surface area contributed by atoms with E-state index >= 15 is 0 Å². The van der Waals surface area contributed by atoms with Gasteiger partial charge in [-0.1, -0.05) is 36.4 Å². The summed E-state index contributed by atoms with van der Waals surface area (Å²) in [7, 11) is 0. The Hall–Kier alpha value is -4.13. The second kappa shape index (κ2) is 8.71. The normalized spacial score (nSPS) is 11.7. The molecule has 2 aromatic carbocycles. The quantitative estimate of drug-likeness (QED) is 0.440. The predicted molar refractivity (Wildman–Crippen MR) is 121 cm³/mol. The van der Waals surface area contributed by atoms with Crippen molar-refractivity contribution in [2.24, 2.45) is 0 Å². The van der Waals surface area contributed by atoms with E-state index < -0.39 is 0 Å². The van der Waals surface area contributed by atoms with Crippen LogP contribution in [0.25, 0.3) is 5.65 Å². The molecule has 3 amide bonds. The molecule has 4 aromatic rings. The molecule has 0 saturated heterocycles. The molecule has 4 rings (SSSR count). The lowest BCUT2D eigenvalue weighted by molar-refractivity contribution is 0.102. The van der Waals surface area contributed by atoms with Gasteiger partial charge in [0.05, 0.1) is 12.2 Å². The summed E-state index contributed by atoms with van der Waals surface area (Å²) in [5.41, 5.74) is 4.37. The van der Waals surface area contributed by atoms with Gasteiger partial charge in [-0.15, -0.1) is 0 Å². The zero-order valence-corrected chi connectivity index (χ0v) is 17.3. The molecule has 0 radical (unpaired) electrons. The monoisotopic (exact) mass is 413 g/mol. The number of urea groups is 1. The van der Waals surface area contributed by atoms with E-state index in [4.69, 9.17) is 0 Å². The Labute approximate surface area is 180 Å². The molecule has 3 N–H and O–H groups in total. The number of aryl methyl sites for hydroxylation is 1. The minimum Gasteiger partial charge on any atom is -0.331 e. The molecule has 31 heavy (non-hydrogen) atoms. The van der Waals surface area contributed by atoms with Crippen LogP contribution < -0.4 is 16.0 Å². The molecule has 0 aliphatic heterocycles. The average Bonchev–Trinajstić information content (AvgIpc) is 3.20. The van der Waals surface area contributed by atoms with Gasteiger partial charge in [0, 0.05) is 17.6 Å². The zero-order valence-electron chi connectivity index (χ0n) is 17.3. The van der Waals surface area contributed by atoms with E-state index in [1.807, 2.05) is 80.6 Å². The number of nitrogens with one attached hydrogen (secondary N) is 3. The van der Waals surface area contributed by atoms with E-state index in [0.717, 1.165) is 16.8 Å². The van der Waals surface area contributed by atoms with Crippen LogP contribution in [-0.2, 0) is 0 Å². The minimum atomic E-state index is -0.296. The first kappa shape index (κ1) is 20.2. The molecule has 7 nitrogen and oxygen atoms in total. The number of imidazole rings is 1. The van der Waals surface area contributed by atoms with Crippen molar-refractivity contribution in [3.05, 3.63) is 95.9 Å². The largest absolute Gasteiger partial charge is 0.331 e. The van der Waals surface area contributed by atoms with Gasteiger partial charge in [0.25, 0.3) is 5.91 Å². The van der Waals surface area contributed by atoms with Crippen LogP contribution in [0.5, 0.6) is 0 Å². The molecule has 2 heterocycles. The average molecular weight is 413 g/mol. The Morgan fingerprint density at radius 2 is 1.74 bits per heavy atom. The van der Waals surface area contributed by atoms with E-state index in [0.29, 0.717) is 17.0 Å². The van der Waals surface area contributed by atoms with Gasteiger partial charge in [0.2, 0.25) is 0 Å². The lowest BCUT2D eigenvalue weighted by Gasteiger charge is -2.17. The second-order valence-corrected chi connectivity index (χ2v) is 7.29. The van der Waals surface area contributed by atoms with Gasteiger partial charge in [-0.05, 0) is 55.3 Å². The van der Waals surface area contributed by atoms with Crippen LogP contribution in [0.1, 0.15) is 34.6 Å². The van der Waals surface area contributed by atoms with Crippen molar-refractivity contribution < 1.29 is 9.59 Å². The van der Waals surface area contributed by atoms with Crippen molar-refractivity contribution in [2.75, 3.05) is 10.6 Å². The number of pyridine rings is 1. The van der Waals surface area contributed by atoms with Gasteiger partial charge in [-0.2, -0.15) is 0 Å². The number of anilines is 2. The number of para-hydroxylation sites is 1. The Kier molecular flexibility index (Phi) is 5.66. The standard InChI is InChI=1S/C24H23N5O2/c1-16-11-12-18(17(2)26-24(31)27-19-8-4-3-5-9-19)14-20(16)28-23(30)21-15-25-22-10-6-7-13-29(21)22/h3-15,17H,1-2H3,(H,28,30)(H2,26,27,31)/t17-/m1/s1. The first-order valence-corrected chi connectivity index (χ1v) is 9.98. The van der Waals surface area contributed by atoms with Crippen LogP contribution in [0, 0.1) is 6.92 Å². The van der Waals surface area contributed by atoms with Gasteiger partial charge in [-0.3, -0.25) is 9.20 Å². The maximum absolute atomic E-state index is 12.9. The third-order valence-electron chi connectivity index (χ3n) is 5.04. The molecule has 0 aliphatic carbocycles. The van der Waals surface area contributed by atoms with Crippen molar-refractivity contribution in [3.63, 3.8) is 0 Å². The van der Waals surface area contributed by atoms with Gasteiger partial charge in [0.15, 0.2) is 0 Å². The fourth-order valence-electron chi connectivity index (χ4n) is 3.30. The number of carbonyl (C=O) groups is 2. The van der Waals surface area contributed by atoms with E-state index in [-0.39, 0.29) is 18.0 Å². The molecule has 0 aliphatic rings. The SMILES string of the molecule is Cc1ccc([C@@H](C)NC(=O)Nc2ccccc2)cc1NC(=O)c1cnc2ccccn12. The van der Waals surface area contributed by atoms with Gasteiger partial charge < -0.3 is 16.0 Å². The number of amides is 3. The number of carbonyl (C=O) groups excluding carboxylic acids is 2. The molecule has 0 spiro atoms. The Bertz CT molecular complexity index is 1230. The number of fused-ring (bicyclic) bond motifs is 1. The van der Waals surface area contributed by atoms with E-state index in [9.17, 15) is 9.59 Å². The summed E-state index contributed by atoms with van der Waals surface area (Å²) in [6, 6.07) is 20.0. The number of benzene rings is 2. The molecule has 2 aromatic heterocycles. The summed E-state index contributed by atoms with van der Waals surface area (Å²) in [4.78, 5) is 29.4. The Morgan fingerprint density at radius 3 is 2.55 bits per heavy atom. The topological polar surface area (TPSA) is 87.5 Å². The molecule has 156 valence electrons. The van der Waals surface area contributed by atoms with Crippen LogP contribution in [0.2, 0.25) is 0 Å². The molecule has 1 atom stereocenters. The van der Waals surface area contributed by atoms with Crippen molar-refractivity contribution in [3.8, 4) is 0 Å². The van der Waals surface area contributed by atoms with Gasteiger partial charge >= 0.3 is 6.03 Å². The lowest BCUT2D eigenvalue weighted by Crippen LogP contribution is -2.31. The molecule has 7 heteroatoms. The molecule has 0 unspecified atom stereocenters. The van der Waals surface area contributed by atoms with E-state index in [1.54, 1.807) is 16.8 Å². The van der Waals surface area contributed by atoms with Crippen LogP contribution in [0.4, 0.5) is 16.2 Å². The molecule has 0 bridgehead atoms. The zero-order chi connectivity index (χ0) is 21.8. The van der Waals surface area contributed by atoms with Crippen LogP contribution >= 0.6 is 0 Å². The number of hydrogen-bond donors (Lipinski definition) is 3. The first-order valence-electron chi connectivity index (χ1n) is 9.98. The highest BCUT2D eigenvalue weighted by molar-refractivity contribution is 6.04. The number of hydrogen-bond acceptors (Lipinski definition) is 3. The van der Waals surface area contributed by atoms with Crippen molar-refractivity contribution >= 4 is 29.0 Å². The summed E-state index contributed by atoms with van der Waals surface area (Å²) in [6.45, 7) is 3.82. The third-order valence-corrected chi connectivity index (χ3v) is 5.04. The molecule has 0 fully saturated rings. The highest BCUT2D eigenvalue weighted by Gasteiger charge is 2.15. The first-order chi connectivity index (χ1) is 15.0. The minimum absolute atomic E-state index is 0.249. The lowest BCUT2D eigenvalue weighted by atomic mass is 10.0. The maximum atomic E-state index is 12.9. The number of nitrogens with zero attached hydrogens (tertiary/aromatic N) is 2. The Morgan fingerprint density at radius 1 is 0.968 bits per heavy atom. The van der Waals surface area contributed by atoms with E-state index in [1.165, 1.54) is 0 Å². The predicted octanol–water partition coefficient (Wildman–Crippen LogP) is 4.78. The summed E-state index contributed by atoms with van der Waals surface area (Å²) in [5.74, 6) is -0.249. The highest BCUT2D eigenvalue weighted by atomic mass is 16.2. The summed E-state index contributed by atoms with van der Waals surface area (Å²) >= 11 is 0. The fraction of sp³-hybridized carbons (Fsp3) is 0.125. The van der Waals surface area contributed by atoms with Crippen molar-refractivity contribution in [2.45, 2.75) is 19.9 Å². The molecular weight excluding hydrogens is 390 g/mol. The van der Waals surface area contributed by atoms with Crippen LogP contribution in [-0.4, -0.2) is 21.3 Å². The van der Waals surface area contributed by atoms with E-state index in [2.05, 4.69) is 20.9 Å². The number of aromatic nitrogens is 2. The summed E-state index contributed by atoms with van der Waals surface area (Å²) in [5, 5.41) is 8.69. The van der Waals surface area contributed by atoms with Crippen LogP contribution in [0.3, 0.4) is 0 Å². The highest BCUT2D eigenvalue weighted by Crippen LogP contribution is 2.22. The maximum Gasteiger partial charge on any atom is 0.319 e. The van der Waals surface area contributed by atoms with Crippen LogP contribution in [0.15, 0.2) is 79.1 Å². The Balaban J connectivity index is 1.47. The van der Waals surface area contributed by atoms with Crippen molar-refractivity contribution in [1.29, 1.82) is 0 Å². The van der Waals surface area contributed by atoms with Crippen molar-refractivity contribution in [1.82, 2.24) is 14.7 Å². The van der Waals surface area contributed by atoms with Gasteiger partial charge in [-0.25, -0.2) is 9.78 Å².